The molecule has 0 heterocycles. The Labute approximate surface area is 105 Å². The molecule has 0 bridgehead atoms. The summed E-state index contributed by atoms with van der Waals surface area (Å²) >= 11 is 0. The summed E-state index contributed by atoms with van der Waals surface area (Å²) < 4.78 is 0. The summed E-state index contributed by atoms with van der Waals surface area (Å²) in [5, 5.41) is 13.0. The maximum atomic E-state index is 9.47. The smallest absolute Gasteiger partial charge is 0.0613 e. The Morgan fingerprint density at radius 2 is 1.53 bits per heavy atom. The molecule has 0 saturated carbocycles. The molecule has 1 rings (SSSR count). The van der Waals surface area contributed by atoms with Crippen molar-refractivity contribution in [3.63, 3.8) is 0 Å². The summed E-state index contributed by atoms with van der Waals surface area (Å²) in [5.74, 6) is 0. The molecule has 0 fully saturated rings. The van der Waals surface area contributed by atoms with E-state index in [1.807, 2.05) is 0 Å². The van der Waals surface area contributed by atoms with Crippen LogP contribution in [-0.4, -0.2) is 17.3 Å². The third-order valence-corrected chi connectivity index (χ3v) is 3.75. The third kappa shape index (κ3) is 3.83. The van der Waals surface area contributed by atoms with E-state index in [1.165, 1.54) is 11.1 Å². The summed E-state index contributed by atoms with van der Waals surface area (Å²) in [5.41, 5.74) is 2.53. The standard InChI is InChI=1S/C15H25NO/c1-4-13-7-9-14(10-8-13)11-16-15(5-2,6-3)12-17/h7-10,16-17H,4-6,11-12H2,1-3H3. The molecule has 0 aliphatic carbocycles. The number of hydrogen-bond donors (Lipinski definition) is 2. The van der Waals surface area contributed by atoms with Crippen molar-refractivity contribution < 1.29 is 5.11 Å². The zero-order valence-electron chi connectivity index (χ0n) is 11.3. The highest BCUT2D eigenvalue weighted by Crippen LogP contribution is 2.15. The predicted octanol–water partition coefficient (Wildman–Crippen LogP) is 2.89. The van der Waals surface area contributed by atoms with E-state index in [0.29, 0.717) is 0 Å². The van der Waals surface area contributed by atoms with Gasteiger partial charge in [0.05, 0.1) is 6.61 Å². The summed E-state index contributed by atoms with van der Waals surface area (Å²) in [6.07, 6.45) is 2.98. The van der Waals surface area contributed by atoms with Gasteiger partial charge in [-0.1, -0.05) is 45.0 Å². The van der Waals surface area contributed by atoms with E-state index in [0.717, 1.165) is 25.8 Å². The van der Waals surface area contributed by atoms with Gasteiger partial charge in [0, 0.05) is 12.1 Å². The monoisotopic (exact) mass is 235 g/mol. The van der Waals surface area contributed by atoms with Gasteiger partial charge in [-0.3, -0.25) is 0 Å². The molecule has 0 atom stereocenters. The van der Waals surface area contributed by atoms with Gasteiger partial charge in [-0.15, -0.1) is 0 Å². The van der Waals surface area contributed by atoms with Crippen molar-refractivity contribution in [1.29, 1.82) is 0 Å². The van der Waals surface area contributed by atoms with Crippen LogP contribution in [-0.2, 0) is 13.0 Å². The first-order valence-corrected chi connectivity index (χ1v) is 6.63. The SMILES string of the molecule is CCc1ccc(CNC(CC)(CC)CO)cc1. The van der Waals surface area contributed by atoms with Crippen LogP contribution in [0, 0.1) is 0 Å². The average Bonchev–Trinajstić information content (AvgIpc) is 2.41. The minimum atomic E-state index is -0.122. The van der Waals surface area contributed by atoms with Crippen LogP contribution in [0.25, 0.3) is 0 Å². The van der Waals surface area contributed by atoms with Gasteiger partial charge in [0.2, 0.25) is 0 Å². The Hall–Kier alpha value is -0.860. The predicted molar refractivity (Wildman–Crippen MR) is 73.1 cm³/mol. The van der Waals surface area contributed by atoms with E-state index in [9.17, 15) is 5.11 Å². The van der Waals surface area contributed by atoms with Crippen LogP contribution in [0.5, 0.6) is 0 Å². The zero-order chi connectivity index (χ0) is 12.7. The van der Waals surface area contributed by atoms with Crippen LogP contribution in [0.15, 0.2) is 24.3 Å². The van der Waals surface area contributed by atoms with E-state index in [4.69, 9.17) is 0 Å². The molecule has 2 nitrogen and oxygen atoms in total. The fourth-order valence-electron chi connectivity index (χ4n) is 1.96. The van der Waals surface area contributed by atoms with Crippen LogP contribution in [0.1, 0.15) is 44.7 Å². The van der Waals surface area contributed by atoms with Crippen LogP contribution in [0.4, 0.5) is 0 Å². The fraction of sp³-hybridized carbons (Fsp3) is 0.600. The minimum absolute atomic E-state index is 0.122. The van der Waals surface area contributed by atoms with Crippen molar-refractivity contribution in [2.24, 2.45) is 0 Å². The van der Waals surface area contributed by atoms with Gasteiger partial charge < -0.3 is 10.4 Å². The quantitative estimate of drug-likeness (QED) is 0.761. The Bertz CT molecular complexity index is 306. The van der Waals surface area contributed by atoms with Gasteiger partial charge in [-0.25, -0.2) is 0 Å². The van der Waals surface area contributed by atoms with E-state index in [1.54, 1.807) is 0 Å². The largest absolute Gasteiger partial charge is 0.394 e. The second-order valence-electron chi connectivity index (χ2n) is 4.67. The number of nitrogens with one attached hydrogen (secondary N) is 1. The van der Waals surface area contributed by atoms with Crippen LogP contribution in [0.3, 0.4) is 0 Å². The number of aliphatic hydroxyl groups is 1. The zero-order valence-corrected chi connectivity index (χ0v) is 11.3. The first-order chi connectivity index (χ1) is 8.19. The molecule has 2 heteroatoms. The Morgan fingerprint density at radius 1 is 1.00 bits per heavy atom. The molecule has 1 aromatic carbocycles. The second-order valence-corrected chi connectivity index (χ2v) is 4.67. The third-order valence-electron chi connectivity index (χ3n) is 3.75. The van der Waals surface area contributed by atoms with Crippen LogP contribution >= 0.6 is 0 Å². The summed E-state index contributed by atoms with van der Waals surface area (Å²) in [7, 11) is 0. The molecular formula is C15H25NO. The van der Waals surface area contributed by atoms with E-state index >= 15 is 0 Å². The maximum Gasteiger partial charge on any atom is 0.0613 e. The highest BCUT2D eigenvalue weighted by Gasteiger charge is 2.23. The van der Waals surface area contributed by atoms with Crippen molar-refractivity contribution in [3.05, 3.63) is 35.4 Å². The normalized spacial score (nSPS) is 11.8. The molecule has 0 saturated heterocycles. The molecule has 0 aromatic heterocycles. The fourth-order valence-corrected chi connectivity index (χ4v) is 1.96. The average molecular weight is 235 g/mol. The molecule has 1 aromatic rings. The molecule has 0 aliphatic heterocycles. The Morgan fingerprint density at radius 3 is 1.94 bits per heavy atom. The number of rotatable bonds is 7. The minimum Gasteiger partial charge on any atom is -0.394 e. The maximum absolute atomic E-state index is 9.47. The number of benzene rings is 1. The second kappa shape index (κ2) is 6.77. The van der Waals surface area contributed by atoms with Crippen molar-refractivity contribution in [2.45, 2.75) is 52.1 Å². The molecule has 2 N–H and O–H groups in total. The van der Waals surface area contributed by atoms with E-state index in [-0.39, 0.29) is 12.1 Å². The van der Waals surface area contributed by atoms with Gasteiger partial charge in [-0.2, -0.15) is 0 Å². The Balaban J connectivity index is 2.59. The lowest BCUT2D eigenvalue weighted by molar-refractivity contribution is 0.149. The first-order valence-electron chi connectivity index (χ1n) is 6.63. The molecular weight excluding hydrogens is 210 g/mol. The lowest BCUT2D eigenvalue weighted by Gasteiger charge is -2.31. The summed E-state index contributed by atoms with van der Waals surface area (Å²) in [4.78, 5) is 0. The van der Waals surface area contributed by atoms with Crippen molar-refractivity contribution in [1.82, 2.24) is 5.32 Å². The van der Waals surface area contributed by atoms with Gasteiger partial charge in [-0.05, 0) is 30.4 Å². The van der Waals surface area contributed by atoms with E-state index in [2.05, 4.69) is 50.4 Å². The first kappa shape index (κ1) is 14.2. The van der Waals surface area contributed by atoms with Crippen molar-refractivity contribution in [2.75, 3.05) is 6.61 Å². The van der Waals surface area contributed by atoms with E-state index < -0.39 is 0 Å². The lowest BCUT2D eigenvalue weighted by atomic mass is 9.93. The topological polar surface area (TPSA) is 32.3 Å². The summed E-state index contributed by atoms with van der Waals surface area (Å²) in [6.45, 7) is 7.43. The summed E-state index contributed by atoms with van der Waals surface area (Å²) in [6, 6.07) is 8.68. The van der Waals surface area contributed by atoms with Crippen molar-refractivity contribution >= 4 is 0 Å². The molecule has 0 aliphatic rings. The molecule has 0 radical (unpaired) electrons. The Kier molecular flexibility index (Phi) is 5.66. The molecule has 96 valence electrons. The van der Waals surface area contributed by atoms with Crippen LogP contribution < -0.4 is 5.32 Å². The van der Waals surface area contributed by atoms with Crippen LogP contribution in [0.2, 0.25) is 0 Å². The van der Waals surface area contributed by atoms with Gasteiger partial charge >= 0.3 is 0 Å². The van der Waals surface area contributed by atoms with Gasteiger partial charge in [0.25, 0.3) is 0 Å². The lowest BCUT2D eigenvalue weighted by Crippen LogP contribution is -2.47. The molecule has 0 spiro atoms. The van der Waals surface area contributed by atoms with Gasteiger partial charge in [0.1, 0.15) is 0 Å². The number of aliphatic hydroxyl groups excluding tert-OH is 1. The molecule has 17 heavy (non-hydrogen) atoms. The molecule has 0 amide bonds. The number of aryl methyl sites for hydroxylation is 1. The van der Waals surface area contributed by atoms with Crippen molar-refractivity contribution in [3.8, 4) is 0 Å². The number of hydrogen-bond acceptors (Lipinski definition) is 2. The van der Waals surface area contributed by atoms with Gasteiger partial charge in [0.15, 0.2) is 0 Å². The highest BCUT2D eigenvalue weighted by molar-refractivity contribution is 5.22. The molecule has 0 unspecified atom stereocenters. The highest BCUT2D eigenvalue weighted by atomic mass is 16.3.